The largest absolute Gasteiger partial charge is 0.399 e. The van der Waals surface area contributed by atoms with E-state index < -0.39 is 0 Å². The van der Waals surface area contributed by atoms with Crippen LogP contribution in [0.4, 0.5) is 11.4 Å². The number of halogens is 1. The lowest BCUT2D eigenvalue weighted by atomic mass is 10.1. The molecular formula is C12H17IN2. The van der Waals surface area contributed by atoms with Crippen LogP contribution in [0.3, 0.4) is 0 Å². The Balaban J connectivity index is 2.04. The molecule has 0 spiro atoms. The van der Waals surface area contributed by atoms with E-state index in [1.54, 1.807) is 0 Å². The van der Waals surface area contributed by atoms with E-state index in [1.165, 1.54) is 28.5 Å². The lowest BCUT2D eigenvalue weighted by Crippen LogP contribution is -2.16. The third-order valence-electron chi connectivity index (χ3n) is 3.05. The van der Waals surface area contributed by atoms with Crippen molar-refractivity contribution in [2.24, 2.45) is 5.92 Å². The fourth-order valence-corrected chi connectivity index (χ4v) is 2.90. The molecule has 0 aliphatic heterocycles. The average Bonchev–Trinajstić information content (AvgIpc) is 2.56. The van der Waals surface area contributed by atoms with Gasteiger partial charge in [-0.2, -0.15) is 0 Å². The van der Waals surface area contributed by atoms with Gasteiger partial charge in [0.1, 0.15) is 0 Å². The van der Waals surface area contributed by atoms with Crippen molar-refractivity contribution in [3.63, 3.8) is 0 Å². The summed E-state index contributed by atoms with van der Waals surface area (Å²) in [5.41, 5.74) is 7.79. The van der Waals surface area contributed by atoms with E-state index in [1.807, 2.05) is 12.1 Å². The first kappa shape index (κ1) is 11.0. The van der Waals surface area contributed by atoms with Gasteiger partial charge in [0.15, 0.2) is 0 Å². The summed E-state index contributed by atoms with van der Waals surface area (Å²) in [6.07, 6.45) is 3.94. The highest BCUT2D eigenvalue weighted by Gasteiger charge is 2.21. The Hall–Kier alpha value is -0.450. The minimum absolute atomic E-state index is 0.650. The molecule has 2 unspecified atom stereocenters. The average molecular weight is 316 g/mol. The molecule has 0 bridgehead atoms. The highest BCUT2D eigenvalue weighted by Crippen LogP contribution is 2.29. The minimum Gasteiger partial charge on any atom is -0.399 e. The van der Waals surface area contributed by atoms with Gasteiger partial charge in [-0.25, -0.2) is 0 Å². The molecule has 0 heterocycles. The molecule has 1 saturated carbocycles. The second kappa shape index (κ2) is 4.60. The van der Waals surface area contributed by atoms with Crippen molar-refractivity contribution < 1.29 is 0 Å². The Bertz CT molecular complexity index is 351. The van der Waals surface area contributed by atoms with Crippen LogP contribution in [0, 0.1) is 9.49 Å². The van der Waals surface area contributed by atoms with Crippen molar-refractivity contribution in [3.05, 3.63) is 21.8 Å². The van der Waals surface area contributed by atoms with E-state index in [-0.39, 0.29) is 0 Å². The van der Waals surface area contributed by atoms with Crippen LogP contribution < -0.4 is 11.1 Å². The zero-order valence-electron chi connectivity index (χ0n) is 8.96. The van der Waals surface area contributed by atoms with E-state index >= 15 is 0 Å². The van der Waals surface area contributed by atoms with E-state index in [4.69, 9.17) is 5.73 Å². The second-order valence-corrected chi connectivity index (χ2v) is 5.66. The highest BCUT2D eigenvalue weighted by atomic mass is 127. The van der Waals surface area contributed by atoms with Crippen LogP contribution in [0.2, 0.25) is 0 Å². The maximum absolute atomic E-state index is 5.73. The molecule has 15 heavy (non-hydrogen) atoms. The molecule has 1 fully saturated rings. The quantitative estimate of drug-likeness (QED) is 0.648. The number of anilines is 2. The van der Waals surface area contributed by atoms with Crippen LogP contribution in [0.15, 0.2) is 18.2 Å². The Kier molecular flexibility index (Phi) is 3.38. The summed E-state index contributed by atoms with van der Waals surface area (Å²) < 4.78 is 1.21. The summed E-state index contributed by atoms with van der Waals surface area (Å²) in [5.74, 6) is 0.869. The van der Waals surface area contributed by atoms with Gasteiger partial charge >= 0.3 is 0 Å². The first-order chi connectivity index (χ1) is 7.15. The van der Waals surface area contributed by atoms with Gasteiger partial charge < -0.3 is 11.1 Å². The van der Waals surface area contributed by atoms with Crippen molar-refractivity contribution in [3.8, 4) is 0 Å². The fraction of sp³-hybridized carbons (Fsp3) is 0.500. The second-order valence-electron chi connectivity index (χ2n) is 4.50. The van der Waals surface area contributed by atoms with Crippen molar-refractivity contribution in [2.75, 3.05) is 11.1 Å². The zero-order chi connectivity index (χ0) is 10.8. The molecule has 0 amide bonds. The molecule has 1 aliphatic rings. The summed E-state index contributed by atoms with van der Waals surface area (Å²) in [4.78, 5) is 0. The van der Waals surface area contributed by atoms with Gasteiger partial charge in [0.05, 0.1) is 0 Å². The number of nitrogens with one attached hydrogen (secondary N) is 1. The predicted octanol–water partition coefficient (Wildman–Crippen LogP) is 3.47. The van der Waals surface area contributed by atoms with Crippen LogP contribution in [-0.4, -0.2) is 6.04 Å². The summed E-state index contributed by atoms with van der Waals surface area (Å²) >= 11 is 2.34. The smallest absolute Gasteiger partial charge is 0.0479 e. The third kappa shape index (κ3) is 2.77. The molecule has 1 aliphatic carbocycles. The highest BCUT2D eigenvalue weighted by molar-refractivity contribution is 14.1. The third-order valence-corrected chi connectivity index (χ3v) is 3.94. The summed E-state index contributed by atoms with van der Waals surface area (Å²) in [5, 5.41) is 3.60. The Labute approximate surface area is 105 Å². The van der Waals surface area contributed by atoms with E-state index in [9.17, 15) is 0 Å². The van der Waals surface area contributed by atoms with Gasteiger partial charge in [-0.05, 0) is 66.0 Å². The van der Waals surface area contributed by atoms with Crippen LogP contribution in [0.1, 0.15) is 26.2 Å². The van der Waals surface area contributed by atoms with Gasteiger partial charge in [0, 0.05) is 21.0 Å². The molecule has 0 aromatic heterocycles. The molecular weight excluding hydrogens is 299 g/mol. The van der Waals surface area contributed by atoms with Crippen molar-refractivity contribution in [2.45, 2.75) is 32.2 Å². The van der Waals surface area contributed by atoms with Gasteiger partial charge in [-0.3, -0.25) is 0 Å². The summed E-state index contributed by atoms with van der Waals surface area (Å²) in [6, 6.07) is 6.71. The van der Waals surface area contributed by atoms with E-state index in [0.29, 0.717) is 6.04 Å². The monoisotopic (exact) mass is 316 g/mol. The van der Waals surface area contributed by atoms with Gasteiger partial charge in [-0.1, -0.05) is 6.92 Å². The topological polar surface area (TPSA) is 38.0 Å². The Morgan fingerprint density at radius 3 is 2.80 bits per heavy atom. The summed E-state index contributed by atoms with van der Waals surface area (Å²) in [6.45, 7) is 2.33. The normalized spacial score (nSPS) is 25.5. The van der Waals surface area contributed by atoms with Crippen molar-refractivity contribution in [1.29, 1.82) is 0 Å². The molecule has 82 valence electrons. The molecule has 1 aromatic carbocycles. The molecule has 0 saturated heterocycles. The molecule has 3 N–H and O–H groups in total. The number of nitrogens with two attached hydrogens (primary N) is 1. The lowest BCUT2D eigenvalue weighted by Gasteiger charge is -2.15. The number of nitrogen functional groups attached to an aromatic ring is 1. The lowest BCUT2D eigenvalue weighted by molar-refractivity contribution is 0.602. The molecule has 1 aromatic rings. The molecule has 3 heteroatoms. The fourth-order valence-electron chi connectivity index (χ4n) is 2.21. The SMILES string of the molecule is CC1CCC(Nc2ccc(N)cc2I)C1. The predicted molar refractivity (Wildman–Crippen MR) is 74.0 cm³/mol. The standard InChI is InChI=1S/C12H17IN2/c1-8-2-4-10(6-8)15-12-5-3-9(14)7-11(12)13/h3,5,7-8,10,15H,2,4,6,14H2,1H3. The summed E-state index contributed by atoms with van der Waals surface area (Å²) in [7, 11) is 0. The number of rotatable bonds is 2. The van der Waals surface area contributed by atoms with Crippen molar-refractivity contribution >= 4 is 34.0 Å². The number of hydrogen-bond donors (Lipinski definition) is 2. The van der Waals surface area contributed by atoms with Crippen LogP contribution in [-0.2, 0) is 0 Å². The Morgan fingerprint density at radius 1 is 1.40 bits per heavy atom. The van der Waals surface area contributed by atoms with Crippen molar-refractivity contribution in [1.82, 2.24) is 0 Å². The maximum Gasteiger partial charge on any atom is 0.0479 e. The maximum atomic E-state index is 5.73. The molecule has 2 atom stereocenters. The Morgan fingerprint density at radius 2 is 2.20 bits per heavy atom. The first-order valence-electron chi connectivity index (χ1n) is 5.46. The van der Waals surface area contributed by atoms with Gasteiger partial charge in [0.25, 0.3) is 0 Å². The zero-order valence-corrected chi connectivity index (χ0v) is 11.1. The van der Waals surface area contributed by atoms with Gasteiger partial charge in [0.2, 0.25) is 0 Å². The van der Waals surface area contributed by atoms with Crippen LogP contribution in [0.25, 0.3) is 0 Å². The molecule has 2 rings (SSSR count). The molecule has 0 radical (unpaired) electrons. The van der Waals surface area contributed by atoms with E-state index in [0.717, 1.165) is 11.6 Å². The number of benzene rings is 1. The first-order valence-corrected chi connectivity index (χ1v) is 6.54. The van der Waals surface area contributed by atoms with Crippen LogP contribution in [0.5, 0.6) is 0 Å². The number of hydrogen-bond acceptors (Lipinski definition) is 2. The molecule has 2 nitrogen and oxygen atoms in total. The van der Waals surface area contributed by atoms with Crippen LogP contribution >= 0.6 is 22.6 Å². The minimum atomic E-state index is 0.650. The van der Waals surface area contributed by atoms with E-state index in [2.05, 4.69) is 40.9 Å². The van der Waals surface area contributed by atoms with Gasteiger partial charge in [-0.15, -0.1) is 0 Å².